The van der Waals surface area contributed by atoms with Crippen LogP contribution < -0.4 is 10.6 Å². The van der Waals surface area contributed by atoms with Crippen LogP contribution in [0.15, 0.2) is 47.5 Å². The van der Waals surface area contributed by atoms with Crippen molar-refractivity contribution in [1.29, 1.82) is 0 Å². The molecule has 2 N–H and O–H groups in total. The van der Waals surface area contributed by atoms with E-state index in [4.69, 9.17) is 0 Å². The van der Waals surface area contributed by atoms with Gasteiger partial charge in [-0.05, 0) is 30.3 Å². The van der Waals surface area contributed by atoms with Crippen molar-refractivity contribution < 1.29 is 31.5 Å². The van der Waals surface area contributed by atoms with Gasteiger partial charge < -0.3 is 10.6 Å². The van der Waals surface area contributed by atoms with Crippen LogP contribution in [0.2, 0.25) is 0 Å². The monoisotopic (exact) mass is 429 g/mol. The molecule has 1 aliphatic heterocycles. The number of benzene rings is 2. The lowest BCUT2D eigenvalue weighted by Crippen LogP contribution is -2.28. The Morgan fingerprint density at radius 3 is 2.62 bits per heavy atom. The Balaban J connectivity index is 1.65. The summed E-state index contributed by atoms with van der Waals surface area (Å²) in [7, 11) is 0. The van der Waals surface area contributed by atoms with Gasteiger partial charge in [-0.15, -0.1) is 0 Å². The highest BCUT2D eigenvalue weighted by atomic mass is 32.2. The van der Waals surface area contributed by atoms with E-state index in [2.05, 4.69) is 15.6 Å². The van der Waals surface area contributed by atoms with Gasteiger partial charge in [0.05, 0.1) is 16.9 Å². The summed E-state index contributed by atoms with van der Waals surface area (Å²) >= 11 is 0.866. The van der Waals surface area contributed by atoms with E-state index in [1.165, 1.54) is 12.1 Å². The van der Waals surface area contributed by atoms with Crippen molar-refractivity contribution in [2.24, 2.45) is 4.99 Å². The van der Waals surface area contributed by atoms with Crippen LogP contribution in [-0.2, 0) is 15.8 Å². The topological polar surface area (TPSA) is 70.6 Å². The second kappa shape index (κ2) is 8.19. The average Bonchev–Trinajstić information content (AvgIpc) is 2.96. The molecule has 0 radical (unpaired) electrons. The zero-order chi connectivity index (χ0) is 21.2. The largest absolute Gasteiger partial charge is 0.416 e. The number of nitrogens with one attached hydrogen (secondary N) is 2. The highest BCUT2D eigenvalue weighted by molar-refractivity contribution is 8.15. The summed E-state index contributed by atoms with van der Waals surface area (Å²) in [6, 6.07) is 6.87. The number of anilines is 1. The summed E-state index contributed by atoms with van der Waals surface area (Å²) in [5.74, 6) is -3.02. The van der Waals surface area contributed by atoms with E-state index in [9.17, 15) is 31.5 Å². The maximum atomic E-state index is 13.6. The first-order valence-electron chi connectivity index (χ1n) is 8.10. The third-order valence-electron chi connectivity index (χ3n) is 3.76. The van der Waals surface area contributed by atoms with Crippen LogP contribution in [-0.4, -0.2) is 22.2 Å². The molecule has 1 heterocycles. The molecule has 0 saturated carbocycles. The van der Waals surface area contributed by atoms with Crippen LogP contribution in [0.3, 0.4) is 0 Å². The van der Waals surface area contributed by atoms with Crippen molar-refractivity contribution in [2.75, 3.05) is 5.32 Å². The van der Waals surface area contributed by atoms with Gasteiger partial charge in [-0.3, -0.25) is 9.59 Å². The summed E-state index contributed by atoms with van der Waals surface area (Å²) in [5.41, 5.74) is -1.13. The minimum absolute atomic E-state index is 0.0129. The Labute approximate surface area is 165 Å². The van der Waals surface area contributed by atoms with E-state index < -0.39 is 40.4 Å². The molecule has 2 aromatic rings. The molecule has 11 heteroatoms. The Morgan fingerprint density at radius 2 is 1.93 bits per heavy atom. The molecule has 2 amide bonds. The summed E-state index contributed by atoms with van der Waals surface area (Å²) in [6.45, 7) is 0. The minimum Gasteiger partial charge on any atom is -0.324 e. The lowest BCUT2D eigenvalue weighted by molar-refractivity contribution is -0.137. The Bertz CT molecular complexity index is 994. The predicted molar refractivity (Wildman–Crippen MR) is 97.7 cm³/mol. The first-order chi connectivity index (χ1) is 13.6. The van der Waals surface area contributed by atoms with Gasteiger partial charge in [0.25, 0.3) is 0 Å². The lowest BCUT2D eigenvalue weighted by atomic mass is 10.2. The number of aliphatic imine (C=N–C) groups is 1. The van der Waals surface area contributed by atoms with Gasteiger partial charge in [-0.25, -0.2) is 13.8 Å². The molecule has 1 aliphatic rings. The molecule has 0 aliphatic carbocycles. The maximum Gasteiger partial charge on any atom is 0.416 e. The van der Waals surface area contributed by atoms with Crippen LogP contribution in [0.1, 0.15) is 12.0 Å². The second-order valence-electron chi connectivity index (χ2n) is 5.94. The van der Waals surface area contributed by atoms with E-state index >= 15 is 0 Å². The van der Waals surface area contributed by atoms with Gasteiger partial charge in [0, 0.05) is 12.5 Å². The van der Waals surface area contributed by atoms with Gasteiger partial charge in [-0.1, -0.05) is 17.8 Å². The number of thioether (sulfide) groups is 1. The van der Waals surface area contributed by atoms with E-state index in [0.29, 0.717) is 6.07 Å². The highest BCUT2D eigenvalue weighted by Crippen LogP contribution is 2.32. The van der Waals surface area contributed by atoms with Gasteiger partial charge in [0.2, 0.25) is 11.8 Å². The third-order valence-corrected chi connectivity index (χ3v) is 4.84. The summed E-state index contributed by atoms with van der Waals surface area (Å²) < 4.78 is 64.8. The van der Waals surface area contributed by atoms with Crippen molar-refractivity contribution in [1.82, 2.24) is 5.32 Å². The normalized spacial score (nSPS) is 18.0. The summed E-state index contributed by atoms with van der Waals surface area (Å²) in [4.78, 5) is 28.0. The van der Waals surface area contributed by atoms with E-state index in [-0.39, 0.29) is 23.0 Å². The van der Waals surface area contributed by atoms with Crippen LogP contribution in [0.4, 0.5) is 33.3 Å². The first kappa shape index (κ1) is 20.8. The smallest absolute Gasteiger partial charge is 0.324 e. The van der Waals surface area contributed by atoms with Gasteiger partial charge in [0.15, 0.2) is 5.17 Å². The van der Waals surface area contributed by atoms with Crippen molar-refractivity contribution in [3.05, 3.63) is 59.7 Å². The number of hydrogen-bond acceptors (Lipinski definition) is 4. The van der Waals surface area contributed by atoms with E-state index in [0.717, 1.165) is 36.0 Å². The zero-order valence-electron chi connectivity index (χ0n) is 14.4. The van der Waals surface area contributed by atoms with Gasteiger partial charge in [0.1, 0.15) is 16.9 Å². The Morgan fingerprint density at radius 1 is 1.17 bits per heavy atom. The number of rotatable bonds is 4. The average molecular weight is 429 g/mol. The molecule has 0 unspecified atom stereocenters. The molecule has 1 saturated heterocycles. The molecule has 29 heavy (non-hydrogen) atoms. The van der Waals surface area contributed by atoms with Gasteiger partial charge in [-0.2, -0.15) is 13.2 Å². The van der Waals surface area contributed by atoms with Crippen molar-refractivity contribution in [3.63, 3.8) is 0 Å². The highest BCUT2D eigenvalue weighted by Gasteiger charge is 2.33. The number of amides is 2. The fraction of sp³-hybridized carbons (Fsp3) is 0.167. The summed E-state index contributed by atoms with van der Waals surface area (Å²) in [6.07, 6.45) is -4.87. The molecule has 2 aromatic carbocycles. The van der Waals surface area contributed by atoms with Crippen LogP contribution in [0.5, 0.6) is 0 Å². The molecule has 3 rings (SSSR count). The number of hydrogen-bond donors (Lipinski definition) is 2. The van der Waals surface area contributed by atoms with Crippen LogP contribution in [0, 0.1) is 11.6 Å². The number of carbonyl (C=O) groups excluding carboxylic acids is 2. The van der Waals surface area contributed by atoms with Gasteiger partial charge >= 0.3 is 6.18 Å². The Hall–Kier alpha value is -2.95. The zero-order valence-corrected chi connectivity index (χ0v) is 15.2. The fourth-order valence-electron chi connectivity index (χ4n) is 2.42. The third kappa shape index (κ3) is 5.31. The fourth-order valence-corrected chi connectivity index (χ4v) is 3.41. The number of halogens is 5. The molecule has 1 atom stereocenters. The molecule has 0 bridgehead atoms. The molecule has 0 aromatic heterocycles. The van der Waals surface area contributed by atoms with Crippen molar-refractivity contribution in [3.8, 4) is 0 Å². The number of alkyl halides is 3. The molecule has 1 fully saturated rings. The number of amidine groups is 1. The molecule has 5 nitrogen and oxygen atoms in total. The lowest BCUT2D eigenvalue weighted by Gasteiger charge is -2.08. The number of nitrogens with zero attached hydrogens (tertiary/aromatic N) is 1. The maximum absolute atomic E-state index is 13.6. The Kier molecular flexibility index (Phi) is 5.87. The van der Waals surface area contributed by atoms with Crippen molar-refractivity contribution >= 4 is 40.1 Å². The first-order valence-corrected chi connectivity index (χ1v) is 8.98. The van der Waals surface area contributed by atoms with Crippen molar-refractivity contribution in [2.45, 2.75) is 17.8 Å². The van der Waals surface area contributed by atoms with E-state index in [1.54, 1.807) is 0 Å². The standard InChI is InChI=1S/C18H12F5N3O2S/c19-10-4-5-13(12(20)7-10)25-15(27)8-14-16(28)26-17(29-14)24-11-3-1-2-9(6-11)18(21,22)23/h1-7,14H,8H2,(H,25,27)(H,24,26,28)/t14-/m0/s1. The second-order valence-corrected chi connectivity index (χ2v) is 7.13. The van der Waals surface area contributed by atoms with Crippen LogP contribution >= 0.6 is 11.8 Å². The van der Waals surface area contributed by atoms with Crippen LogP contribution in [0.25, 0.3) is 0 Å². The predicted octanol–water partition coefficient (Wildman–Crippen LogP) is 4.23. The minimum atomic E-state index is -4.53. The van der Waals surface area contributed by atoms with E-state index in [1.807, 2.05) is 0 Å². The molecular weight excluding hydrogens is 417 g/mol. The molecular formula is C18H12F5N3O2S. The quantitative estimate of drug-likeness (QED) is 0.715. The molecule has 0 spiro atoms. The number of carbonyl (C=O) groups is 2. The summed E-state index contributed by atoms with van der Waals surface area (Å²) in [5, 5.41) is 3.76. The molecule has 152 valence electrons. The SMILES string of the molecule is O=C(C[C@@H]1SC(=Nc2cccc(C(F)(F)F)c2)NC1=O)Nc1ccc(F)cc1F.